The molecular weight excluding hydrogens is 292 g/mol. The van der Waals surface area contributed by atoms with Crippen LogP contribution in [0.25, 0.3) is 0 Å². The minimum atomic E-state index is -0.724. The van der Waals surface area contributed by atoms with Gasteiger partial charge in [-0.15, -0.1) is 0 Å². The van der Waals surface area contributed by atoms with E-state index >= 15 is 0 Å². The molecule has 2 rings (SSSR count). The molecule has 1 heterocycles. The van der Waals surface area contributed by atoms with Crippen LogP contribution in [0, 0.1) is 11.6 Å². The molecule has 0 unspecified atom stereocenters. The lowest BCUT2D eigenvalue weighted by atomic mass is 10.1. The van der Waals surface area contributed by atoms with Gasteiger partial charge in [-0.05, 0) is 24.1 Å². The van der Waals surface area contributed by atoms with Gasteiger partial charge in [0.25, 0.3) is 0 Å². The highest BCUT2D eigenvalue weighted by Gasteiger charge is 2.08. The minimum absolute atomic E-state index is 0.182. The van der Waals surface area contributed by atoms with E-state index in [0.29, 0.717) is 18.7 Å². The molecule has 1 amide bonds. The largest absolute Gasteiger partial charge is 0.453 e. The smallest absolute Gasteiger partial charge is 0.411 e. The summed E-state index contributed by atoms with van der Waals surface area (Å²) in [4.78, 5) is 14.5. The molecule has 22 heavy (non-hydrogen) atoms. The number of hydrogen-bond donors (Lipinski definition) is 2. The molecular formula is C15H15F2N3O2. The second-order valence-electron chi connectivity index (χ2n) is 4.47. The highest BCUT2D eigenvalue weighted by Crippen LogP contribution is 2.17. The molecule has 2 N–H and O–H groups in total. The van der Waals surface area contributed by atoms with Gasteiger partial charge in [0.1, 0.15) is 5.69 Å². The summed E-state index contributed by atoms with van der Waals surface area (Å²) in [5, 5.41) is 5.24. The van der Waals surface area contributed by atoms with Crippen LogP contribution in [0.15, 0.2) is 36.7 Å². The average Bonchev–Trinajstić information content (AvgIpc) is 2.51. The summed E-state index contributed by atoms with van der Waals surface area (Å²) in [7, 11) is 1.28. The Hall–Kier alpha value is -2.70. The molecule has 0 saturated heterocycles. The summed E-state index contributed by atoms with van der Waals surface area (Å²) in [6.07, 6.45) is 1.94. The first-order valence-electron chi connectivity index (χ1n) is 6.57. The third kappa shape index (κ3) is 4.15. The van der Waals surface area contributed by atoms with Gasteiger partial charge in [-0.1, -0.05) is 12.1 Å². The van der Waals surface area contributed by atoms with Crippen molar-refractivity contribution in [1.82, 2.24) is 4.98 Å². The molecule has 0 fully saturated rings. The van der Waals surface area contributed by atoms with E-state index in [1.165, 1.54) is 7.11 Å². The maximum atomic E-state index is 13.4. The van der Waals surface area contributed by atoms with Crippen LogP contribution in [0.2, 0.25) is 0 Å². The molecule has 0 aliphatic heterocycles. The number of ether oxygens (including phenoxy) is 1. The first-order valence-corrected chi connectivity index (χ1v) is 6.57. The fourth-order valence-corrected chi connectivity index (χ4v) is 1.84. The molecule has 5 nitrogen and oxygen atoms in total. The lowest BCUT2D eigenvalue weighted by Crippen LogP contribution is -2.11. The van der Waals surface area contributed by atoms with Crippen molar-refractivity contribution in [1.29, 1.82) is 0 Å². The summed E-state index contributed by atoms with van der Waals surface area (Å²) in [6.45, 7) is 0.363. The van der Waals surface area contributed by atoms with E-state index in [4.69, 9.17) is 0 Å². The van der Waals surface area contributed by atoms with Crippen LogP contribution >= 0.6 is 0 Å². The van der Waals surface area contributed by atoms with Crippen LogP contribution in [-0.4, -0.2) is 24.7 Å². The van der Waals surface area contributed by atoms with Crippen molar-refractivity contribution in [3.8, 4) is 0 Å². The Morgan fingerprint density at radius 3 is 2.41 bits per heavy atom. The average molecular weight is 307 g/mol. The van der Waals surface area contributed by atoms with Gasteiger partial charge in [-0.3, -0.25) is 10.3 Å². The van der Waals surface area contributed by atoms with E-state index < -0.39 is 17.7 Å². The van der Waals surface area contributed by atoms with Crippen LogP contribution in [0.5, 0.6) is 0 Å². The number of methoxy groups -OCH3 is 1. The molecule has 0 aliphatic carbocycles. The second-order valence-corrected chi connectivity index (χ2v) is 4.47. The van der Waals surface area contributed by atoms with Crippen LogP contribution in [-0.2, 0) is 11.2 Å². The minimum Gasteiger partial charge on any atom is -0.453 e. The van der Waals surface area contributed by atoms with Crippen LogP contribution in [0.4, 0.5) is 25.0 Å². The summed E-state index contributed by atoms with van der Waals surface area (Å²) in [5.41, 5.74) is 1.38. The Balaban J connectivity index is 1.88. The number of anilines is 2. The van der Waals surface area contributed by atoms with E-state index in [9.17, 15) is 13.6 Å². The lowest BCUT2D eigenvalue weighted by molar-refractivity contribution is 0.187. The van der Waals surface area contributed by atoms with Gasteiger partial charge in [0.05, 0.1) is 19.5 Å². The molecule has 0 radical (unpaired) electrons. The number of hydrogen-bond acceptors (Lipinski definition) is 4. The first-order chi connectivity index (χ1) is 10.6. The zero-order valence-electron chi connectivity index (χ0n) is 11.9. The Bertz CT molecular complexity index is 627. The number of pyridine rings is 1. The number of carbonyl (C=O) groups is 1. The second kappa shape index (κ2) is 7.35. The van der Waals surface area contributed by atoms with Crippen molar-refractivity contribution in [2.24, 2.45) is 0 Å². The third-order valence-corrected chi connectivity index (χ3v) is 2.95. The zero-order chi connectivity index (χ0) is 15.9. The highest BCUT2D eigenvalue weighted by atomic mass is 19.1. The number of rotatable bonds is 5. The SMILES string of the molecule is COC(=O)Nc1ccc(CCNc2c(F)cncc2F)cc1. The fraction of sp³-hybridized carbons (Fsp3) is 0.200. The Morgan fingerprint density at radius 1 is 1.18 bits per heavy atom. The summed E-state index contributed by atoms with van der Waals surface area (Å²) < 4.78 is 31.2. The van der Waals surface area contributed by atoms with Crippen molar-refractivity contribution >= 4 is 17.5 Å². The van der Waals surface area contributed by atoms with Gasteiger partial charge >= 0.3 is 6.09 Å². The maximum absolute atomic E-state index is 13.4. The van der Waals surface area contributed by atoms with Gasteiger partial charge in [0.2, 0.25) is 0 Å². The molecule has 1 aromatic carbocycles. The number of amides is 1. The number of nitrogens with zero attached hydrogens (tertiary/aromatic N) is 1. The molecule has 1 aromatic heterocycles. The number of benzene rings is 1. The monoisotopic (exact) mass is 307 g/mol. The van der Waals surface area contributed by atoms with E-state index in [1.807, 2.05) is 12.1 Å². The highest BCUT2D eigenvalue weighted by molar-refractivity contribution is 5.84. The number of carbonyl (C=O) groups excluding carboxylic acids is 1. The Morgan fingerprint density at radius 2 is 1.82 bits per heavy atom. The number of aromatic nitrogens is 1. The summed E-state index contributed by atoms with van der Waals surface area (Å²) >= 11 is 0. The molecule has 0 aliphatic rings. The van der Waals surface area contributed by atoms with E-state index in [2.05, 4.69) is 20.4 Å². The van der Waals surface area contributed by atoms with Gasteiger partial charge in [-0.2, -0.15) is 0 Å². The molecule has 116 valence electrons. The van der Waals surface area contributed by atoms with Crippen molar-refractivity contribution in [2.45, 2.75) is 6.42 Å². The third-order valence-electron chi connectivity index (χ3n) is 2.95. The van der Waals surface area contributed by atoms with Crippen molar-refractivity contribution in [3.05, 3.63) is 53.9 Å². The van der Waals surface area contributed by atoms with Crippen LogP contribution in [0.1, 0.15) is 5.56 Å². The Kier molecular flexibility index (Phi) is 5.24. The molecule has 0 atom stereocenters. The summed E-state index contributed by atoms with van der Waals surface area (Å²) in [5.74, 6) is -1.45. The molecule has 7 heteroatoms. The topological polar surface area (TPSA) is 63.2 Å². The van der Waals surface area contributed by atoms with E-state index in [0.717, 1.165) is 18.0 Å². The molecule has 2 aromatic rings. The number of nitrogens with one attached hydrogen (secondary N) is 2. The van der Waals surface area contributed by atoms with E-state index in [1.54, 1.807) is 12.1 Å². The normalized spacial score (nSPS) is 10.1. The lowest BCUT2D eigenvalue weighted by Gasteiger charge is -2.09. The van der Waals surface area contributed by atoms with Gasteiger partial charge < -0.3 is 10.1 Å². The zero-order valence-corrected chi connectivity index (χ0v) is 11.9. The Labute approximate surface area is 126 Å². The molecule has 0 bridgehead atoms. The standard InChI is InChI=1S/C15H15F2N3O2/c1-22-15(21)20-11-4-2-10(3-5-11)6-7-19-14-12(16)8-18-9-13(14)17/h2-5,8-9H,6-7H2,1H3,(H,18,19)(H,20,21). The van der Waals surface area contributed by atoms with Gasteiger partial charge in [0, 0.05) is 12.2 Å². The van der Waals surface area contributed by atoms with Crippen molar-refractivity contribution in [3.63, 3.8) is 0 Å². The van der Waals surface area contributed by atoms with Crippen LogP contribution in [0.3, 0.4) is 0 Å². The summed E-state index contributed by atoms with van der Waals surface area (Å²) in [6, 6.07) is 7.07. The quantitative estimate of drug-likeness (QED) is 0.890. The van der Waals surface area contributed by atoms with Gasteiger partial charge in [-0.25, -0.2) is 13.6 Å². The molecule has 0 spiro atoms. The molecule has 0 saturated carbocycles. The number of halogens is 2. The first kappa shape index (κ1) is 15.7. The predicted molar refractivity (Wildman–Crippen MR) is 78.8 cm³/mol. The predicted octanol–water partition coefficient (Wildman–Crippen LogP) is 3.19. The van der Waals surface area contributed by atoms with Gasteiger partial charge in [0.15, 0.2) is 11.6 Å². The fourth-order valence-electron chi connectivity index (χ4n) is 1.84. The maximum Gasteiger partial charge on any atom is 0.411 e. The van der Waals surface area contributed by atoms with Crippen molar-refractivity contribution in [2.75, 3.05) is 24.3 Å². The van der Waals surface area contributed by atoms with Crippen LogP contribution < -0.4 is 10.6 Å². The van der Waals surface area contributed by atoms with E-state index in [-0.39, 0.29) is 5.69 Å². The van der Waals surface area contributed by atoms with Crippen molar-refractivity contribution < 1.29 is 18.3 Å².